The number of ether oxygens (including phenoxy) is 2. The fourth-order valence-corrected chi connectivity index (χ4v) is 7.39. The number of hydrogen-bond acceptors (Lipinski definition) is 4. The van der Waals surface area contributed by atoms with Crippen molar-refractivity contribution in [3.05, 3.63) is 12.2 Å². The van der Waals surface area contributed by atoms with Crippen LogP contribution in [0.5, 0.6) is 0 Å². The van der Waals surface area contributed by atoms with Gasteiger partial charge in [0.05, 0.1) is 13.2 Å². The standard InChI is InChI=1S/C20H36O4.2C6H13.Sn/c1-3-5-7-9-11-13-17-23-19(21)15-16-20(22)24-18-14-12-10-8-6-4-2;2*1-3-5-6-4-2;/h15-16H,3-14,17-18H2,1-2H3;2*1,3-6H2,2H3;/b16-15-;;;. The third-order valence-electron chi connectivity index (χ3n) is 6.25. The molecule has 0 saturated heterocycles. The second kappa shape index (κ2) is 35.5. The van der Waals surface area contributed by atoms with Gasteiger partial charge in [0.2, 0.25) is 0 Å². The molecule has 0 aromatic rings. The molecule has 0 spiro atoms. The van der Waals surface area contributed by atoms with E-state index in [-0.39, 0.29) is 21.1 Å². The first-order valence-electron chi connectivity index (χ1n) is 15.8. The van der Waals surface area contributed by atoms with Gasteiger partial charge < -0.3 is 9.47 Å². The Balaban J connectivity index is 0. The van der Waals surface area contributed by atoms with E-state index in [9.17, 15) is 9.59 Å². The minimum absolute atomic E-state index is 0.104. The first-order chi connectivity index (χ1) is 18.1. The number of hydrogen-bond donors (Lipinski definition) is 0. The number of esters is 2. The zero-order valence-electron chi connectivity index (χ0n) is 25.3. The summed E-state index contributed by atoms with van der Waals surface area (Å²) >= 11 is 0.104. The van der Waals surface area contributed by atoms with Gasteiger partial charge >= 0.3 is 107 Å². The van der Waals surface area contributed by atoms with Crippen molar-refractivity contribution in [2.45, 2.75) is 165 Å². The van der Waals surface area contributed by atoms with Crippen LogP contribution in [0, 0.1) is 0 Å². The Morgan fingerprint density at radius 3 is 1.11 bits per heavy atom. The number of unbranched alkanes of at least 4 members (excludes halogenated alkanes) is 16. The van der Waals surface area contributed by atoms with Crippen LogP contribution in [-0.2, 0) is 19.1 Å². The van der Waals surface area contributed by atoms with Crippen LogP contribution in [0.25, 0.3) is 0 Å². The third-order valence-corrected chi connectivity index (χ3v) is 10.3. The molecule has 0 heterocycles. The zero-order chi connectivity index (χ0) is 27.7. The summed E-state index contributed by atoms with van der Waals surface area (Å²) in [5.74, 6) is -0.944. The van der Waals surface area contributed by atoms with E-state index in [0.717, 1.165) is 37.8 Å². The average Bonchev–Trinajstić information content (AvgIpc) is 2.90. The van der Waals surface area contributed by atoms with Gasteiger partial charge in [0.1, 0.15) is 0 Å². The molecule has 0 fully saturated rings. The molecular formula is C32H62O4Sn. The molecule has 0 atom stereocenters. The molecule has 0 aliphatic carbocycles. The van der Waals surface area contributed by atoms with Crippen LogP contribution in [0.15, 0.2) is 12.2 Å². The summed E-state index contributed by atoms with van der Waals surface area (Å²) in [5.41, 5.74) is 0. The van der Waals surface area contributed by atoms with Crippen LogP contribution in [0.4, 0.5) is 0 Å². The molecule has 0 aliphatic rings. The van der Waals surface area contributed by atoms with Crippen LogP contribution < -0.4 is 0 Å². The van der Waals surface area contributed by atoms with Gasteiger partial charge in [-0.3, -0.25) is 0 Å². The Bertz CT molecular complexity index is 451. The van der Waals surface area contributed by atoms with E-state index in [1.54, 1.807) is 21.7 Å². The van der Waals surface area contributed by atoms with Crippen molar-refractivity contribution in [3.8, 4) is 0 Å². The fourth-order valence-electron chi connectivity index (χ4n) is 3.82. The predicted octanol–water partition coefficient (Wildman–Crippen LogP) is 10.0. The molecular weight excluding hydrogens is 567 g/mol. The molecule has 0 unspecified atom stereocenters. The number of carbonyl (C=O) groups is 2. The van der Waals surface area contributed by atoms with Crippen molar-refractivity contribution >= 4 is 33.1 Å². The van der Waals surface area contributed by atoms with Crippen molar-refractivity contribution < 1.29 is 19.1 Å². The zero-order valence-corrected chi connectivity index (χ0v) is 28.1. The molecule has 5 heteroatoms. The fraction of sp³-hybridized carbons (Fsp3) is 0.875. The van der Waals surface area contributed by atoms with Gasteiger partial charge in [0, 0.05) is 12.2 Å². The van der Waals surface area contributed by atoms with Gasteiger partial charge in [0.15, 0.2) is 0 Å². The first kappa shape index (κ1) is 38.6. The summed E-state index contributed by atoms with van der Waals surface area (Å²) in [7, 11) is 0. The SMILES string of the molecule is CCCCCCCCOC(=O)/C=C\C(=O)OCCCCCCCC.CCCCC[CH2][Sn][CH2]CCCCC. The van der Waals surface area contributed by atoms with Gasteiger partial charge in [0.25, 0.3) is 0 Å². The normalized spacial score (nSPS) is 10.8. The van der Waals surface area contributed by atoms with E-state index in [1.807, 2.05) is 0 Å². The Hall–Kier alpha value is -0.521. The summed E-state index contributed by atoms with van der Waals surface area (Å²) in [6, 6.07) is 0. The van der Waals surface area contributed by atoms with Crippen LogP contribution in [0.1, 0.15) is 156 Å². The van der Waals surface area contributed by atoms with Crippen LogP contribution in [0.3, 0.4) is 0 Å². The van der Waals surface area contributed by atoms with Crippen LogP contribution >= 0.6 is 0 Å². The molecule has 0 aliphatic heterocycles. The van der Waals surface area contributed by atoms with Crippen molar-refractivity contribution in [1.29, 1.82) is 0 Å². The second-order valence-electron chi connectivity index (χ2n) is 10.1. The quantitative estimate of drug-likeness (QED) is 0.0414. The molecule has 0 bridgehead atoms. The first-order valence-corrected chi connectivity index (χ1v) is 19.9. The number of rotatable bonds is 26. The molecule has 2 radical (unpaired) electrons. The van der Waals surface area contributed by atoms with Gasteiger partial charge in [-0.15, -0.1) is 0 Å². The maximum absolute atomic E-state index is 11.4. The Kier molecular flexibility index (Phi) is 37.0. The van der Waals surface area contributed by atoms with E-state index < -0.39 is 11.9 Å². The van der Waals surface area contributed by atoms with Gasteiger partial charge in [-0.25, -0.2) is 9.59 Å². The summed E-state index contributed by atoms with van der Waals surface area (Å²) in [4.78, 5) is 22.9. The molecule has 0 amide bonds. The van der Waals surface area contributed by atoms with E-state index in [4.69, 9.17) is 9.47 Å². The summed E-state index contributed by atoms with van der Waals surface area (Å²) < 4.78 is 13.4. The summed E-state index contributed by atoms with van der Waals surface area (Å²) in [5, 5.41) is 0. The summed E-state index contributed by atoms with van der Waals surface area (Å²) in [6.07, 6.45) is 27.9. The van der Waals surface area contributed by atoms with Crippen molar-refractivity contribution in [3.63, 3.8) is 0 Å². The minimum atomic E-state index is -0.472. The Morgan fingerprint density at radius 2 is 0.757 bits per heavy atom. The average molecular weight is 630 g/mol. The third kappa shape index (κ3) is 37.7. The van der Waals surface area contributed by atoms with E-state index in [0.29, 0.717) is 13.2 Å². The van der Waals surface area contributed by atoms with Crippen LogP contribution in [-0.4, -0.2) is 46.3 Å². The van der Waals surface area contributed by atoms with Gasteiger partial charge in [-0.05, 0) is 12.8 Å². The molecule has 218 valence electrons. The number of carbonyl (C=O) groups excluding carboxylic acids is 2. The molecule has 0 aromatic heterocycles. The Labute approximate surface area is 241 Å². The van der Waals surface area contributed by atoms with Crippen molar-refractivity contribution in [2.24, 2.45) is 0 Å². The van der Waals surface area contributed by atoms with Crippen molar-refractivity contribution in [2.75, 3.05) is 13.2 Å². The van der Waals surface area contributed by atoms with Gasteiger partial charge in [-0.2, -0.15) is 0 Å². The second-order valence-corrected chi connectivity index (χ2v) is 14.4. The Morgan fingerprint density at radius 1 is 0.459 bits per heavy atom. The summed E-state index contributed by atoms with van der Waals surface area (Å²) in [6.45, 7) is 9.80. The van der Waals surface area contributed by atoms with Gasteiger partial charge in [-0.1, -0.05) is 78.1 Å². The maximum atomic E-state index is 11.4. The van der Waals surface area contributed by atoms with Crippen LogP contribution in [0.2, 0.25) is 8.87 Å². The molecule has 4 nitrogen and oxygen atoms in total. The molecule has 0 aromatic carbocycles. The molecule has 0 N–H and O–H groups in total. The van der Waals surface area contributed by atoms with Crippen molar-refractivity contribution in [1.82, 2.24) is 0 Å². The van der Waals surface area contributed by atoms with E-state index in [1.165, 1.54) is 89.9 Å². The topological polar surface area (TPSA) is 52.6 Å². The molecule has 37 heavy (non-hydrogen) atoms. The van der Waals surface area contributed by atoms with E-state index >= 15 is 0 Å². The van der Waals surface area contributed by atoms with E-state index in [2.05, 4.69) is 27.7 Å². The predicted molar refractivity (Wildman–Crippen MR) is 161 cm³/mol. The molecule has 0 rings (SSSR count). The molecule has 0 saturated carbocycles. The monoisotopic (exact) mass is 630 g/mol.